The topological polar surface area (TPSA) is 80.8 Å². The Morgan fingerprint density at radius 2 is 1.68 bits per heavy atom. The van der Waals surface area contributed by atoms with E-state index in [-0.39, 0.29) is 50.9 Å². The van der Waals surface area contributed by atoms with Gasteiger partial charge in [-0.15, -0.1) is 0 Å². The van der Waals surface area contributed by atoms with Gasteiger partial charge in [0, 0.05) is 15.2 Å². The molecule has 2 amide bonds. The summed E-state index contributed by atoms with van der Waals surface area (Å²) in [5.74, 6) is -1.58. The number of hydrogen-bond acceptors (Lipinski definition) is 6. The maximum absolute atomic E-state index is 13.3. The molecule has 3 aliphatic rings. The summed E-state index contributed by atoms with van der Waals surface area (Å²) in [6, 6.07) is 7.57. The molecule has 1 saturated heterocycles. The molecule has 3 fully saturated rings. The molecule has 0 radical (unpaired) electrons. The number of rotatable bonds is 8. The summed E-state index contributed by atoms with van der Waals surface area (Å²) in [6.07, 6.45) is 3.04. The van der Waals surface area contributed by atoms with Crippen molar-refractivity contribution in [3.63, 3.8) is 0 Å². The van der Waals surface area contributed by atoms with Crippen molar-refractivity contribution in [2.45, 2.75) is 28.5 Å². The average molecular weight is 573 g/mol. The van der Waals surface area contributed by atoms with Crippen molar-refractivity contribution in [1.29, 1.82) is 0 Å². The zero-order valence-electron chi connectivity index (χ0n) is 16.9. The SMILES string of the molecule is CSCC[C@@H](C(=O)OCC(=O)c1ccccc1)N1C(=O)[C@@H]2[C@@H]3C[C@H]([C@H](Br)[C@@H]3Br)[C@@H]2C1=O. The van der Waals surface area contributed by atoms with Crippen molar-refractivity contribution in [3.05, 3.63) is 35.9 Å². The molecule has 0 unspecified atom stereocenters. The van der Waals surface area contributed by atoms with E-state index in [1.807, 2.05) is 6.26 Å². The van der Waals surface area contributed by atoms with Gasteiger partial charge < -0.3 is 4.74 Å². The predicted octanol–water partition coefficient (Wildman–Crippen LogP) is 3.31. The highest BCUT2D eigenvalue weighted by atomic mass is 79.9. The number of nitrogens with zero attached hydrogens (tertiary/aromatic N) is 1. The maximum Gasteiger partial charge on any atom is 0.329 e. The van der Waals surface area contributed by atoms with Crippen molar-refractivity contribution >= 4 is 67.2 Å². The van der Waals surface area contributed by atoms with E-state index >= 15 is 0 Å². The molecular weight excluding hydrogens is 550 g/mol. The van der Waals surface area contributed by atoms with Crippen LogP contribution < -0.4 is 0 Å². The molecule has 7 atom stereocenters. The second-order valence-corrected chi connectivity index (χ2v) is 11.3. The summed E-state index contributed by atoms with van der Waals surface area (Å²) in [5.41, 5.74) is 0.446. The molecule has 2 saturated carbocycles. The molecule has 2 bridgehead atoms. The number of likely N-dealkylation sites (tertiary alicyclic amines) is 1. The number of Topliss-reactive ketones (excluding diaryl/α,β-unsaturated/α-hetero) is 1. The van der Waals surface area contributed by atoms with Crippen LogP contribution in [-0.4, -0.2) is 62.8 Å². The Hall–Kier alpha value is -1.19. The number of alkyl halides is 2. The van der Waals surface area contributed by atoms with E-state index in [1.54, 1.807) is 30.3 Å². The van der Waals surface area contributed by atoms with E-state index in [0.29, 0.717) is 17.7 Å². The maximum atomic E-state index is 13.3. The third-order valence-corrected chi connectivity index (χ3v) is 10.5. The normalized spacial score (nSPS) is 32.3. The molecule has 1 aromatic carbocycles. The summed E-state index contributed by atoms with van der Waals surface area (Å²) in [6.45, 7) is -0.417. The van der Waals surface area contributed by atoms with E-state index in [0.717, 1.165) is 11.3 Å². The number of esters is 1. The Morgan fingerprint density at radius 1 is 1.10 bits per heavy atom. The van der Waals surface area contributed by atoms with E-state index in [1.165, 1.54) is 11.8 Å². The summed E-state index contributed by atoms with van der Waals surface area (Å²) in [4.78, 5) is 53.3. The molecule has 4 rings (SSSR count). The molecule has 6 nitrogen and oxygen atoms in total. The number of imide groups is 1. The number of carbonyl (C=O) groups excluding carboxylic acids is 4. The number of halogens is 2. The minimum atomic E-state index is -0.997. The minimum Gasteiger partial charge on any atom is -0.456 e. The van der Waals surface area contributed by atoms with E-state index in [2.05, 4.69) is 31.9 Å². The molecule has 166 valence electrons. The Kier molecular flexibility index (Phi) is 6.93. The molecule has 2 aliphatic carbocycles. The number of carbonyl (C=O) groups is 4. The van der Waals surface area contributed by atoms with Crippen molar-refractivity contribution in [1.82, 2.24) is 4.90 Å². The lowest BCUT2D eigenvalue weighted by atomic mass is 9.81. The van der Waals surface area contributed by atoms with Gasteiger partial charge in [-0.25, -0.2) is 4.79 Å². The second kappa shape index (κ2) is 9.35. The Morgan fingerprint density at radius 3 is 2.23 bits per heavy atom. The molecule has 0 N–H and O–H groups in total. The average Bonchev–Trinajstić information content (AvgIpc) is 3.38. The van der Waals surface area contributed by atoms with E-state index in [9.17, 15) is 19.2 Å². The third kappa shape index (κ3) is 4.02. The standard InChI is InChI=1S/C22H23Br2NO5S/c1-31-8-7-14(22(29)30-10-15(26)11-5-3-2-4-6-11)25-20(27)16-12-9-13(17(16)21(25)28)19(24)18(12)23/h2-6,12-14,16-19H,7-10H2,1H3/t12-,13-,14-,16-,17+,18-,19+/m0/s1. The third-order valence-electron chi connectivity index (χ3n) is 6.64. The highest BCUT2D eigenvalue weighted by Crippen LogP contribution is 2.60. The molecule has 1 heterocycles. The second-order valence-electron chi connectivity index (χ2n) is 8.24. The van der Waals surface area contributed by atoms with Gasteiger partial charge in [0.2, 0.25) is 11.8 Å². The Bertz CT molecular complexity index is 865. The fourth-order valence-corrected chi connectivity index (χ4v) is 7.53. The van der Waals surface area contributed by atoms with Crippen LogP contribution in [0.4, 0.5) is 0 Å². The Balaban J connectivity index is 1.50. The fraction of sp³-hybridized carbons (Fsp3) is 0.545. The molecule has 1 aromatic rings. The van der Waals surface area contributed by atoms with Crippen LogP contribution in [0.25, 0.3) is 0 Å². The van der Waals surface area contributed by atoms with Crippen LogP contribution in [0, 0.1) is 23.7 Å². The van der Waals surface area contributed by atoms with Gasteiger partial charge in [-0.2, -0.15) is 11.8 Å². The zero-order chi connectivity index (χ0) is 22.3. The van der Waals surface area contributed by atoms with Crippen molar-refractivity contribution in [3.8, 4) is 0 Å². The van der Waals surface area contributed by atoms with Crippen molar-refractivity contribution in [2.75, 3.05) is 18.6 Å². The quantitative estimate of drug-likeness (QED) is 0.206. The van der Waals surface area contributed by atoms with Gasteiger partial charge in [-0.3, -0.25) is 19.3 Å². The number of ketones is 1. The highest BCUT2D eigenvalue weighted by Gasteiger charge is 2.67. The van der Waals surface area contributed by atoms with Crippen LogP contribution >= 0.6 is 43.6 Å². The first kappa shape index (κ1) is 23.0. The van der Waals surface area contributed by atoms with Gasteiger partial charge in [-0.05, 0) is 36.7 Å². The van der Waals surface area contributed by atoms with Gasteiger partial charge in [0.1, 0.15) is 6.04 Å². The molecule has 1 aliphatic heterocycles. The van der Waals surface area contributed by atoms with Crippen molar-refractivity contribution < 1.29 is 23.9 Å². The highest BCUT2D eigenvalue weighted by molar-refractivity contribution is 9.12. The minimum absolute atomic E-state index is 0.0812. The monoisotopic (exact) mass is 571 g/mol. The summed E-state index contributed by atoms with van der Waals surface area (Å²) >= 11 is 8.87. The number of hydrogen-bond donors (Lipinski definition) is 0. The van der Waals surface area contributed by atoms with Gasteiger partial charge in [-0.1, -0.05) is 62.2 Å². The summed E-state index contributed by atoms with van der Waals surface area (Å²) < 4.78 is 5.30. The fourth-order valence-electron chi connectivity index (χ4n) is 5.20. The summed E-state index contributed by atoms with van der Waals surface area (Å²) in [5, 5.41) is 0. The molecule has 31 heavy (non-hydrogen) atoms. The molecule has 0 aromatic heterocycles. The number of ether oxygens (including phenoxy) is 1. The first-order valence-electron chi connectivity index (χ1n) is 10.3. The largest absolute Gasteiger partial charge is 0.456 e. The van der Waals surface area contributed by atoms with Gasteiger partial charge in [0.15, 0.2) is 12.4 Å². The van der Waals surface area contributed by atoms with Gasteiger partial charge in [0.25, 0.3) is 0 Å². The van der Waals surface area contributed by atoms with Crippen LogP contribution in [0.1, 0.15) is 23.2 Å². The Labute approximate surface area is 202 Å². The van der Waals surface area contributed by atoms with Crippen LogP contribution in [0.3, 0.4) is 0 Å². The molecular formula is C22H23Br2NO5S. The van der Waals surface area contributed by atoms with E-state index in [4.69, 9.17) is 4.74 Å². The number of benzene rings is 1. The smallest absolute Gasteiger partial charge is 0.329 e. The number of thioether (sulfide) groups is 1. The molecule has 0 spiro atoms. The molecule has 9 heteroatoms. The lowest BCUT2D eigenvalue weighted by molar-refractivity contribution is -0.158. The lowest BCUT2D eigenvalue weighted by Crippen LogP contribution is -2.47. The van der Waals surface area contributed by atoms with Crippen molar-refractivity contribution in [2.24, 2.45) is 23.7 Å². The zero-order valence-corrected chi connectivity index (χ0v) is 20.9. The van der Waals surface area contributed by atoms with Crippen LogP contribution in [0.5, 0.6) is 0 Å². The van der Waals surface area contributed by atoms with Gasteiger partial charge >= 0.3 is 5.97 Å². The number of amides is 2. The van der Waals surface area contributed by atoms with Crippen LogP contribution in [-0.2, 0) is 19.1 Å². The first-order valence-corrected chi connectivity index (χ1v) is 13.5. The summed E-state index contributed by atoms with van der Waals surface area (Å²) in [7, 11) is 0. The predicted molar refractivity (Wildman–Crippen MR) is 124 cm³/mol. The number of fused-ring (bicyclic) bond motifs is 5. The van der Waals surface area contributed by atoms with E-state index < -0.39 is 18.6 Å². The van der Waals surface area contributed by atoms with Crippen LogP contribution in [0.2, 0.25) is 0 Å². The lowest BCUT2D eigenvalue weighted by Gasteiger charge is -2.28. The first-order chi connectivity index (χ1) is 14.9. The van der Waals surface area contributed by atoms with Crippen LogP contribution in [0.15, 0.2) is 30.3 Å². The van der Waals surface area contributed by atoms with Gasteiger partial charge in [0.05, 0.1) is 11.8 Å².